The number of carbonyl (C=O) groups excluding carboxylic acids is 4. The summed E-state index contributed by atoms with van der Waals surface area (Å²) < 4.78 is 78.5. The maximum Gasteiger partial charge on any atom is 0.258 e. The second-order valence-electron chi connectivity index (χ2n) is 13.1. The Morgan fingerprint density at radius 1 is 0.857 bits per heavy atom. The van der Waals surface area contributed by atoms with E-state index in [4.69, 9.17) is 39.5 Å². The molecule has 2 saturated carbocycles. The molecule has 5 aliphatic rings. The van der Waals surface area contributed by atoms with Gasteiger partial charge in [0.05, 0.1) is 24.0 Å². The summed E-state index contributed by atoms with van der Waals surface area (Å²) in [7, 11) is 1.20. The molecule has 4 amide bonds. The average molecular weight is 748 g/mol. The largest absolute Gasteiger partial charge is 0.503 e. The first-order chi connectivity index (χ1) is 23.1. The molecule has 0 unspecified atom stereocenters. The van der Waals surface area contributed by atoms with Crippen LogP contribution in [0.2, 0.25) is 5.02 Å². The van der Waals surface area contributed by atoms with Crippen molar-refractivity contribution in [1.29, 1.82) is 0 Å². The first kappa shape index (κ1) is 34.0. The normalized spacial score (nSPS) is 31.6. The second kappa shape index (κ2) is 11.6. The van der Waals surface area contributed by atoms with Gasteiger partial charge < -0.3 is 9.84 Å². The number of anilines is 1. The van der Waals surface area contributed by atoms with Crippen LogP contribution in [0.4, 0.5) is 27.6 Å². The predicted molar refractivity (Wildman–Crippen MR) is 165 cm³/mol. The number of imide groups is 2. The summed E-state index contributed by atoms with van der Waals surface area (Å²) in [6.45, 7) is 0. The van der Waals surface area contributed by atoms with Gasteiger partial charge in [0, 0.05) is 12.0 Å². The Morgan fingerprint density at radius 2 is 1.47 bits per heavy atom. The lowest BCUT2D eigenvalue weighted by Gasteiger charge is -2.50. The molecule has 7 rings (SSSR count). The quantitative estimate of drug-likeness (QED) is 0.0940. The van der Waals surface area contributed by atoms with E-state index in [1.54, 1.807) is 6.08 Å². The molecule has 16 heteroatoms. The molecule has 1 N–H and O–H groups in total. The fourth-order valence-electron chi connectivity index (χ4n) is 8.58. The zero-order valence-electron chi connectivity index (χ0n) is 25.5. The first-order valence-corrected chi connectivity index (χ1v) is 16.7. The van der Waals surface area contributed by atoms with Crippen molar-refractivity contribution in [2.45, 2.75) is 66.7 Å². The van der Waals surface area contributed by atoms with E-state index in [0.29, 0.717) is 12.8 Å². The number of phenolic OH excluding ortho intramolecular Hbond substituents is 1. The molecule has 2 aliphatic heterocycles. The molecule has 49 heavy (non-hydrogen) atoms. The van der Waals surface area contributed by atoms with Crippen LogP contribution in [-0.4, -0.2) is 56.5 Å². The predicted octanol–water partition coefficient (Wildman–Crippen LogP) is 6.65. The van der Waals surface area contributed by atoms with Gasteiger partial charge in [0.15, 0.2) is 44.5 Å². The summed E-state index contributed by atoms with van der Waals surface area (Å²) >= 11 is 20.6. The Kier molecular flexibility index (Phi) is 8.03. The lowest BCUT2D eigenvalue weighted by atomic mass is 9.56. The molecule has 8 nitrogen and oxygen atoms in total. The van der Waals surface area contributed by atoms with Gasteiger partial charge in [-0.2, -0.15) is 0 Å². The molecule has 260 valence electrons. The number of fused-ring (bicyclic) bond motifs is 4. The summed E-state index contributed by atoms with van der Waals surface area (Å²) in [5, 5.41) is 10.2. The van der Waals surface area contributed by atoms with Crippen LogP contribution < -0.4 is 9.64 Å². The number of alkyl halides is 2. The zero-order valence-corrected chi connectivity index (χ0v) is 27.7. The van der Waals surface area contributed by atoms with Crippen molar-refractivity contribution in [3.63, 3.8) is 0 Å². The third-order valence-corrected chi connectivity index (χ3v) is 12.5. The van der Waals surface area contributed by atoms with E-state index in [1.807, 2.05) is 0 Å². The molecule has 2 aromatic carbocycles. The van der Waals surface area contributed by atoms with Crippen LogP contribution in [0.5, 0.6) is 11.5 Å². The van der Waals surface area contributed by atoms with Gasteiger partial charge in [-0.1, -0.05) is 42.5 Å². The van der Waals surface area contributed by atoms with E-state index in [9.17, 15) is 37.5 Å². The lowest BCUT2D eigenvalue weighted by Crippen LogP contribution is -2.60. The fraction of sp³-hybridized carbons (Fsp3) is 0.455. The number of hydrogen-bond donors (Lipinski definition) is 1. The number of benzene rings is 2. The van der Waals surface area contributed by atoms with Crippen molar-refractivity contribution < 1.29 is 51.0 Å². The van der Waals surface area contributed by atoms with Crippen molar-refractivity contribution in [3.05, 3.63) is 63.5 Å². The summed E-state index contributed by atoms with van der Waals surface area (Å²) in [6.07, 6.45) is 4.83. The fourth-order valence-corrected chi connectivity index (χ4v) is 9.73. The maximum atomic E-state index is 15.2. The Hall–Kier alpha value is -3.42. The molecular weight excluding hydrogens is 722 g/mol. The number of hydrogen-bond acceptors (Lipinski definition) is 6. The minimum Gasteiger partial charge on any atom is -0.503 e. The van der Waals surface area contributed by atoms with Gasteiger partial charge in [0.1, 0.15) is 5.69 Å². The van der Waals surface area contributed by atoms with E-state index in [-0.39, 0.29) is 39.3 Å². The number of carbonyl (C=O) groups is 4. The number of rotatable bonds is 4. The van der Waals surface area contributed by atoms with Crippen molar-refractivity contribution >= 4 is 64.1 Å². The van der Waals surface area contributed by atoms with Crippen LogP contribution in [0.15, 0.2) is 23.8 Å². The smallest absolute Gasteiger partial charge is 0.258 e. The van der Waals surface area contributed by atoms with Crippen LogP contribution in [0.25, 0.3) is 0 Å². The Morgan fingerprint density at radius 3 is 2.08 bits per heavy atom. The van der Waals surface area contributed by atoms with Gasteiger partial charge >= 0.3 is 0 Å². The average Bonchev–Trinajstić information content (AvgIpc) is 3.42. The standard InChI is InChI=1S/C33H26Cl3F5N2O6/c1-49-18-10-12(9-17(34)27(18)44)20-14-7-8-15-19(29(46)42(28(15)45)13-5-3-2-4-6-13)16(14)11-32(35)30(47)43(31(48)33(20,32)36)26-24(40)22(38)21(37)23(39)25(26)41/h7,9-10,13,15-16,19-20,44H,2-6,8,11H2,1H3/t15-,16+,19-,20-,32+,33-/m0/s1. The monoisotopic (exact) mass is 746 g/mol. The third kappa shape index (κ3) is 4.40. The Labute approximate surface area is 290 Å². The summed E-state index contributed by atoms with van der Waals surface area (Å²) in [5.74, 6) is -21.6. The number of ether oxygens (including phenoxy) is 1. The van der Waals surface area contributed by atoms with E-state index in [0.717, 1.165) is 19.3 Å². The van der Waals surface area contributed by atoms with E-state index >= 15 is 8.78 Å². The number of aromatic hydroxyl groups is 1. The highest BCUT2D eigenvalue weighted by Gasteiger charge is 2.77. The van der Waals surface area contributed by atoms with Gasteiger partial charge in [-0.25, -0.2) is 26.9 Å². The summed E-state index contributed by atoms with van der Waals surface area (Å²) in [5.41, 5.74) is -1.59. The number of amides is 4. The molecule has 6 atom stereocenters. The van der Waals surface area contributed by atoms with Gasteiger partial charge in [-0.15, -0.1) is 23.2 Å². The summed E-state index contributed by atoms with van der Waals surface area (Å²) in [6, 6.07) is 2.09. The van der Waals surface area contributed by atoms with Gasteiger partial charge in [0.2, 0.25) is 17.6 Å². The SMILES string of the molecule is COc1cc([C@H]2C3=CC[C@@H]4C(=O)N(C5CCCCC5)C(=O)[C@@H]4[C@@H]3C[C@@]3(Cl)C(=O)N(c4c(F)c(F)c(F)c(F)c4F)C(=O)[C@@]23Cl)cc(Cl)c1O. The van der Waals surface area contributed by atoms with Crippen LogP contribution in [0, 0.1) is 46.8 Å². The highest BCUT2D eigenvalue weighted by molar-refractivity contribution is 6.58. The first-order valence-electron chi connectivity index (χ1n) is 15.5. The minimum atomic E-state index is -2.72. The van der Waals surface area contributed by atoms with E-state index < -0.39 is 104 Å². The molecule has 0 spiro atoms. The molecule has 0 bridgehead atoms. The second-order valence-corrected chi connectivity index (χ2v) is 14.7. The number of methoxy groups -OCH3 is 1. The minimum absolute atomic E-state index is 0.00963. The van der Waals surface area contributed by atoms with Gasteiger partial charge in [-0.3, -0.25) is 24.1 Å². The number of nitrogens with zero attached hydrogens (tertiary/aromatic N) is 2. The highest BCUT2D eigenvalue weighted by atomic mass is 35.5. The van der Waals surface area contributed by atoms with Crippen LogP contribution in [0.1, 0.15) is 56.4 Å². The molecule has 4 fully saturated rings. The van der Waals surface area contributed by atoms with Gasteiger partial charge in [0.25, 0.3) is 11.8 Å². The molecule has 2 saturated heterocycles. The van der Waals surface area contributed by atoms with Crippen molar-refractivity contribution in [2.75, 3.05) is 12.0 Å². The molecule has 2 heterocycles. The number of allylic oxidation sites excluding steroid dienone is 2. The van der Waals surface area contributed by atoms with E-state index in [1.165, 1.54) is 24.1 Å². The molecule has 3 aliphatic carbocycles. The Balaban J connectivity index is 1.44. The number of likely N-dealkylation sites (tertiary alicyclic amines) is 1. The van der Waals surface area contributed by atoms with Crippen molar-refractivity contribution in [1.82, 2.24) is 4.90 Å². The van der Waals surface area contributed by atoms with Gasteiger partial charge in [-0.05, 0) is 49.3 Å². The zero-order chi connectivity index (χ0) is 35.5. The Bertz CT molecular complexity index is 1880. The number of phenols is 1. The van der Waals surface area contributed by atoms with Crippen LogP contribution in [-0.2, 0) is 19.2 Å². The van der Waals surface area contributed by atoms with Crippen LogP contribution in [0.3, 0.4) is 0 Å². The topological polar surface area (TPSA) is 104 Å². The molecule has 0 radical (unpaired) electrons. The molecule has 0 aromatic heterocycles. The lowest BCUT2D eigenvalue weighted by molar-refractivity contribution is -0.143. The highest BCUT2D eigenvalue weighted by Crippen LogP contribution is 2.66. The summed E-state index contributed by atoms with van der Waals surface area (Å²) in [4.78, 5) is 52.3. The van der Waals surface area contributed by atoms with Crippen molar-refractivity contribution in [3.8, 4) is 11.5 Å². The van der Waals surface area contributed by atoms with Crippen molar-refractivity contribution in [2.24, 2.45) is 17.8 Å². The maximum absolute atomic E-state index is 15.2. The molecular formula is C33H26Cl3F5N2O6. The molecule has 2 aromatic rings. The van der Waals surface area contributed by atoms with Crippen LogP contribution >= 0.6 is 34.8 Å². The number of halogens is 8. The third-order valence-electron chi connectivity index (χ3n) is 10.8. The van der Waals surface area contributed by atoms with E-state index in [2.05, 4.69) is 0 Å².